The summed E-state index contributed by atoms with van der Waals surface area (Å²) in [5, 5.41) is 9.33. The Kier molecular flexibility index (Phi) is 7.40. The number of aliphatic hydroxyl groups is 1. The molecule has 0 aromatic rings. The van der Waals surface area contributed by atoms with Gasteiger partial charge in [0, 0.05) is 0 Å². The third-order valence-corrected chi connectivity index (χ3v) is 1.84. The van der Waals surface area contributed by atoms with Crippen molar-refractivity contribution in [2.45, 2.75) is 46.1 Å². The van der Waals surface area contributed by atoms with Crippen LogP contribution in [-0.4, -0.2) is 11.2 Å². The predicted octanol–water partition coefficient (Wildman–Crippen LogP) is 3.60. The van der Waals surface area contributed by atoms with Crippen molar-refractivity contribution in [3.05, 3.63) is 24.1 Å². The van der Waals surface area contributed by atoms with E-state index in [4.69, 9.17) is 0 Å². The average molecular weight is 200 g/mol. The van der Waals surface area contributed by atoms with Gasteiger partial charge in [-0.2, -0.15) is 0 Å². The van der Waals surface area contributed by atoms with Crippen molar-refractivity contribution >= 4 is 0 Å². The lowest BCUT2D eigenvalue weighted by Crippen LogP contribution is -2.03. The molecule has 1 atom stereocenters. The summed E-state index contributed by atoms with van der Waals surface area (Å²) in [5.74, 6) is -0.0152. The second kappa shape index (κ2) is 7.74. The first-order chi connectivity index (χ1) is 6.57. The number of aliphatic hydroxyl groups excluding tert-OH is 1. The summed E-state index contributed by atoms with van der Waals surface area (Å²) in [7, 11) is 0. The molecule has 0 heterocycles. The van der Waals surface area contributed by atoms with E-state index in [1.807, 2.05) is 26.8 Å². The molecule has 1 N–H and O–H groups in total. The van der Waals surface area contributed by atoms with Gasteiger partial charge in [0.2, 0.25) is 0 Å². The third kappa shape index (κ3) is 6.84. The van der Waals surface area contributed by atoms with Crippen LogP contribution in [0.15, 0.2) is 24.1 Å². The largest absolute Gasteiger partial charge is 0.382 e. The molecule has 0 aliphatic heterocycles. The molecule has 0 spiro atoms. The minimum Gasteiger partial charge on any atom is -0.382 e. The lowest BCUT2D eigenvalue weighted by molar-refractivity contribution is 0.227. The van der Waals surface area contributed by atoms with E-state index in [1.165, 1.54) is 12.2 Å². The average Bonchev–Trinajstić information content (AvgIpc) is 2.14. The zero-order chi connectivity index (χ0) is 11.0. The molecular formula is C12H21FO. The van der Waals surface area contributed by atoms with E-state index >= 15 is 0 Å². The topological polar surface area (TPSA) is 20.2 Å². The van der Waals surface area contributed by atoms with Gasteiger partial charge in [-0.1, -0.05) is 39.3 Å². The summed E-state index contributed by atoms with van der Waals surface area (Å²) in [6.07, 6.45) is 6.30. The van der Waals surface area contributed by atoms with Gasteiger partial charge in [-0.3, -0.25) is 0 Å². The fourth-order valence-electron chi connectivity index (χ4n) is 0.953. The molecule has 82 valence electrons. The predicted molar refractivity (Wildman–Crippen MR) is 58.7 cm³/mol. The molecule has 0 aromatic carbocycles. The van der Waals surface area contributed by atoms with E-state index in [0.29, 0.717) is 12.3 Å². The van der Waals surface area contributed by atoms with Crippen molar-refractivity contribution in [1.82, 2.24) is 0 Å². The number of rotatable bonds is 6. The van der Waals surface area contributed by atoms with Gasteiger partial charge >= 0.3 is 0 Å². The van der Waals surface area contributed by atoms with E-state index in [2.05, 4.69) is 0 Å². The SMILES string of the molecule is CCC/C=C\C(O)/C(F)=C\CC(C)C. The van der Waals surface area contributed by atoms with Gasteiger partial charge in [0.1, 0.15) is 11.9 Å². The summed E-state index contributed by atoms with van der Waals surface area (Å²) >= 11 is 0. The fraction of sp³-hybridized carbons (Fsp3) is 0.667. The van der Waals surface area contributed by atoms with Gasteiger partial charge in [-0.15, -0.1) is 0 Å². The standard InChI is InChI=1S/C12H21FO/c1-4-5-6-7-12(14)11(13)9-8-10(2)3/h6-7,9-10,12,14H,4-5,8H2,1-3H3/b7-6-,11-9+. The summed E-state index contributed by atoms with van der Waals surface area (Å²) in [6.45, 7) is 6.08. The number of unbranched alkanes of at least 4 members (excludes halogenated alkanes) is 1. The van der Waals surface area contributed by atoms with E-state index in [-0.39, 0.29) is 0 Å². The van der Waals surface area contributed by atoms with E-state index in [0.717, 1.165) is 12.8 Å². The maximum absolute atomic E-state index is 13.1. The molecule has 0 amide bonds. The Hall–Kier alpha value is -0.630. The number of hydrogen-bond acceptors (Lipinski definition) is 1. The summed E-state index contributed by atoms with van der Waals surface area (Å²) < 4.78 is 13.1. The van der Waals surface area contributed by atoms with E-state index < -0.39 is 11.9 Å². The van der Waals surface area contributed by atoms with Crippen LogP contribution in [0.1, 0.15) is 40.0 Å². The van der Waals surface area contributed by atoms with E-state index in [1.54, 1.807) is 0 Å². The quantitative estimate of drug-likeness (QED) is 0.649. The van der Waals surface area contributed by atoms with Crippen molar-refractivity contribution in [3.8, 4) is 0 Å². The highest BCUT2D eigenvalue weighted by Gasteiger charge is 2.05. The first-order valence-electron chi connectivity index (χ1n) is 5.28. The lowest BCUT2D eigenvalue weighted by atomic mass is 10.1. The molecule has 0 aliphatic carbocycles. The molecule has 0 saturated heterocycles. The van der Waals surface area contributed by atoms with Crippen LogP contribution in [0, 0.1) is 5.92 Å². The Balaban J connectivity index is 3.97. The molecule has 2 heteroatoms. The van der Waals surface area contributed by atoms with E-state index in [9.17, 15) is 9.50 Å². The van der Waals surface area contributed by atoms with Crippen LogP contribution in [0.4, 0.5) is 4.39 Å². The molecular weight excluding hydrogens is 179 g/mol. The van der Waals surface area contributed by atoms with Crippen LogP contribution in [0.2, 0.25) is 0 Å². The molecule has 0 radical (unpaired) electrons. The number of allylic oxidation sites excluding steroid dienone is 2. The van der Waals surface area contributed by atoms with Gasteiger partial charge in [0.05, 0.1) is 0 Å². The Morgan fingerprint density at radius 2 is 2.07 bits per heavy atom. The Morgan fingerprint density at radius 3 is 2.57 bits per heavy atom. The monoisotopic (exact) mass is 200 g/mol. The second-order valence-electron chi connectivity index (χ2n) is 3.88. The summed E-state index contributed by atoms with van der Waals surface area (Å²) in [5.41, 5.74) is 0. The van der Waals surface area contributed by atoms with Crippen LogP contribution in [-0.2, 0) is 0 Å². The normalized spacial score (nSPS) is 15.4. The maximum atomic E-state index is 13.1. The van der Waals surface area contributed by atoms with Crippen molar-refractivity contribution in [2.75, 3.05) is 0 Å². The molecule has 1 nitrogen and oxygen atoms in total. The minimum atomic E-state index is -1.06. The van der Waals surface area contributed by atoms with Gasteiger partial charge in [0.25, 0.3) is 0 Å². The highest BCUT2D eigenvalue weighted by Crippen LogP contribution is 2.10. The van der Waals surface area contributed by atoms with Gasteiger partial charge < -0.3 is 5.11 Å². The minimum absolute atomic E-state index is 0.424. The fourth-order valence-corrected chi connectivity index (χ4v) is 0.953. The molecule has 0 aromatic heterocycles. The molecule has 0 aliphatic rings. The first kappa shape index (κ1) is 13.4. The molecule has 0 fully saturated rings. The number of halogens is 1. The van der Waals surface area contributed by atoms with Crippen LogP contribution in [0.3, 0.4) is 0 Å². The van der Waals surface area contributed by atoms with Crippen LogP contribution < -0.4 is 0 Å². The summed E-state index contributed by atoms with van der Waals surface area (Å²) in [6, 6.07) is 0. The van der Waals surface area contributed by atoms with Gasteiger partial charge in [0.15, 0.2) is 0 Å². The Bertz CT molecular complexity index is 194. The molecule has 0 saturated carbocycles. The van der Waals surface area contributed by atoms with Crippen molar-refractivity contribution in [1.29, 1.82) is 0 Å². The highest BCUT2D eigenvalue weighted by molar-refractivity contribution is 5.08. The van der Waals surface area contributed by atoms with Crippen LogP contribution in [0.5, 0.6) is 0 Å². The Morgan fingerprint density at radius 1 is 1.43 bits per heavy atom. The zero-order valence-corrected chi connectivity index (χ0v) is 9.33. The van der Waals surface area contributed by atoms with Gasteiger partial charge in [-0.05, 0) is 24.8 Å². The molecule has 1 unspecified atom stereocenters. The zero-order valence-electron chi connectivity index (χ0n) is 9.33. The van der Waals surface area contributed by atoms with Crippen molar-refractivity contribution < 1.29 is 9.50 Å². The Labute approximate surface area is 86.3 Å². The first-order valence-corrected chi connectivity index (χ1v) is 5.28. The smallest absolute Gasteiger partial charge is 0.128 e. The third-order valence-electron chi connectivity index (χ3n) is 1.84. The van der Waals surface area contributed by atoms with Gasteiger partial charge in [-0.25, -0.2) is 4.39 Å². The maximum Gasteiger partial charge on any atom is 0.128 e. The molecule has 14 heavy (non-hydrogen) atoms. The highest BCUT2D eigenvalue weighted by atomic mass is 19.1. The van der Waals surface area contributed by atoms with Crippen LogP contribution >= 0.6 is 0 Å². The second-order valence-corrected chi connectivity index (χ2v) is 3.88. The lowest BCUT2D eigenvalue weighted by Gasteiger charge is -2.03. The number of hydrogen-bond donors (Lipinski definition) is 1. The van der Waals surface area contributed by atoms with Crippen LogP contribution in [0.25, 0.3) is 0 Å². The van der Waals surface area contributed by atoms with Crippen molar-refractivity contribution in [3.63, 3.8) is 0 Å². The molecule has 0 bridgehead atoms. The summed E-state index contributed by atoms with van der Waals surface area (Å²) in [4.78, 5) is 0. The molecule has 0 rings (SSSR count). The van der Waals surface area contributed by atoms with Crippen molar-refractivity contribution in [2.24, 2.45) is 5.92 Å².